The number of aromatic nitrogens is 2. The molecule has 1 aliphatic rings. The number of nitrogens with zero attached hydrogens (tertiary/aromatic N) is 3. The molecule has 2 heterocycles. The molecule has 0 saturated heterocycles. The van der Waals surface area contributed by atoms with Crippen LogP contribution in [0.25, 0.3) is 0 Å². The van der Waals surface area contributed by atoms with Crippen molar-refractivity contribution in [2.75, 3.05) is 13.6 Å². The molecule has 0 radical (unpaired) electrons. The van der Waals surface area contributed by atoms with E-state index in [0.717, 1.165) is 24.9 Å². The molecule has 3 nitrogen and oxygen atoms in total. The first-order valence-electron chi connectivity index (χ1n) is 4.17. The van der Waals surface area contributed by atoms with Crippen LogP contribution in [-0.2, 0) is 20.0 Å². The molecule has 0 spiro atoms. The average Bonchev–Trinajstić information content (AvgIpc) is 2.28. The van der Waals surface area contributed by atoms with Crippen molar-refractivity contribution < 1.29 is 0 Å². The third-order valence-electron chi connectivity index (χ3n) is 2.47. The van der Waals surface area contributed by atoms with Crippen molar-refractivity contribution in [3.05, 3.63) is 11.3 Å². The van der Waals surface area contributed by atoms with E-state index >= 15 is 0 Å². The molecule has 0 saturated carbocycles. The smallest absolute Gasteiger partial charge is 0.0824 e. The Labute approximate surface area is 74.9 Å². The highest BCUT2D eigenvalue weighted by Gasteiger charge is 2.19. The quantitative estimate of drug-likeness (QED) is 0.524. The van der Waals surface area contributed by atoms with Crippen LogP contribution in [0, 0.1) is 0 Å². The van der Waals surface area contributed by atoms with Gasteiger partial charge in [-0.05, 0) is 13.5 Å². The minimum atomic E-state index is 1.03. The van der Waals surface area contributed by atoms with Gasteiger partial charge in [0, 0.05) is 25.7 Å². The molecule has 4 heteroatoms. The van der Waals surface area contributed by atoms with E-state index in [-0.39, 0.29) is 0 Å². The van der Waals surface area contributed by atoms with Crippen LogP contribution in [0.5, 0.6) is 0 Å². The zero-order valence-electron chi connectivity index (χ0n) is 7.54. The summed E-state index contributed by atoms with van der Waals surface area (Å²) >= 11 is 0. The Kier molecular flexibility index (Phi) is 1.93. The van der Waals surface area contributed by atoms with Crippen LogP contribution in [0.3, 0.4) is 0 Å². The Morgan fingerprint density at radius 2 is 2.17 bits per heavy atom. The molecule has 1 unspecified atom stereocenters. The highest BCUT2D eigenvalue weighted by molar-refractivity contribution is 7.27. The van der Waals surface area contributed by atoms with Gasteiger partial charge in [0.15, 0.2) is 0 Å². The van der Waals surface area contributed by atoms with Crippen molar-refractivity contribution in [1.82, 2.24) is 14.7 Å². The number of fused-ring (bicyclic) bond motifs is 1. The van der Waals surface area contributed by atoms with Crippen LogP contribution >= 0.6 is 9.24 Å². The maximum absolute atomic E-state index is 4.38. The molecule has 2 rings (SSSR count). The molecule has 1 aromatic heterocycles. The maximum atomic E-state index is 4.38. The van der Waals surface area contributed by atoms with Crippen LogP contribution in [0.15, 0.2) is 0 Å². The van der Waals surface area contributed by atoms with Crippen LogP contribution < -0.4 is 5.44 Å². The highest BCUT2D eigenvalue weighted by atomic mass is 31.0. The fourth-order valence-electron chi connectivity index (χ4n) is 1.73. The van der Waals surface area contributed by atoms with Gasteiger partial charge < -0.3 is 4.90 Å². The third kappa shape index (κ3) is 1.17. The third-order valence-corrected chi connectivity index (χ3v) is 2.93. The standard InChI is InChI=1S/C8H14N3P/c1-10-4-3-6-7(5-10)11(2)9-8(6)12/h3-5,12H2,1-2H3. The lowest BCUT2D eigenvalue weighted by Crippen LogP contribution is -2.28. The van der Waals surface area contributed by atoms with Gasteiger partial charge in [0.05, 0.1) is 11.1 Å². The van der Waals surface area contributed by atoms with Gasteiger partial charge in [0.2, 0.25) is 0 Å². The first-order chi connectivity index (χ1) is 5.68. The predicted octanol–water partition coefficient (Wildman–Crippen LogP) is -0.0916. The molecule has 0 amide bonds. The molecular weight excluding hydrogens is 169 g/mol. The fourth-order valence-corrected chi connectivity index (χ4v) is 2.22. The maximum Gasteiger partial charge on any atom is 0.0824 e. The van der Waals surface area contributed by atoms with Crippen molar-refractivity contribution >= 4 is 14.7 Å². The fraction of sp³-hybridized carbons (Fsp3) is 0.625. The SMILES string of the molecule is CN1CCc2c(P)nn(C)c2C1. The van der Waals surface area contributed by atoms with E-state index in [9.17, 15) is 0 Å². The summed E-state index contributed by atoms with van der Waals surface area (Å²) in [6.07, 6.45) is 1.14. The predicted molar refractivity (Wildman–Crippen MR) is 52.6 cm³/mol. The van der Waals surface area contributed by atoms with E-state index in [1.54, 1.807) is 0 Å². The Bertz CT molecular complexity index is 305. The molecule has 66 valence electrons. The summed E-state index contributed by atoms with van der Waals surface area (Å²) in [6.45, 7) is 2.19. The Hall–Kier alpha value is -0.400. The van der Waals surface area contributed by atoms with Gasteiger partial charge in [-0.2, -0.15) is 5.10 Å². The molecular formula is C8H14N3P. The lowest BCUT2D eigenvalue weighted by atomic mass is 10.1. The van der Waals surface area contributed by atoms with Crippen LogP contribution in [0.2, 0.25) is 0 Å². The second-order valence-corrected chi connectivity index (χ2v) is 3.97. The zero-order chi connectivity index (χ0) is 8.72. The number of likely N-dealkylation sites (N-methyl/N-ethyl adjacent to an activating group) is 1. The monoisotopic (exact) mass is 183 g/mol. The molecule has 1 atom stereocenters. The van der Waals surface area contributed by atoms with Crippen LogP contribution in [0.4, 0.5) is 0 Å². The molecule has 12 heavy (non-hydrogen) atoms. The number of rotatable bonds is 0. The first kappa shape index (κ1) is 8.21. The van der Waals surface area contributed by atoms with Gasteiger partial charge in [-0.15, -0.1) is 0 Å². The van der Waals surface area contributed by atoms with Gasteiger partial charge in [0.1, 0.15) is 0 Å². The molecule has 1 aliphatic heterocycles. The van der Waals surface area contributed by atoms with Crippen molar-refractivity contribution in [2.24, 2.45) is 7.05 Å². The van der Waals surface area contributed by atoms with Gasteiger partial charge in [-0.1, -0.05) is 9.24 Å². The van der Waals surface area contributed by atoms with E-state index in [1.807, 2.05) is 11.7 Å². The van der Waals surface area contributed by atoms with Gasteiger partial charge in [-0.3, -0.25) is 4.68 Å². The highest BCUT2D eigenvalue weighted by Crippen LogP contribution is 2.16. The number of hydrogen-bond acceptors (Lipinski definition) is 2. The molecule has 1 aromatic rings. The summed E-state index contributed by atoms with van der Waals surface area (Å²) < 4.78 is 1.99. The van der Waals surface area contributed by atoms with E-state index in [2.05, 4.69) is 26.3 Å². The number of aryl methyl sites for hydroxylation is 1. The summed E-state index contributed by atoms with van der Waals surface area (Å²) in [7, 11) is 6.88. The molecule has 0 fully saturated rings. The van der Waals surface area contributed by atoms with E-state index < -0.39 is 0 Å². The van der Waals surface area contributed by atoms with Crippen LogP contribution in [0.1, 0.15) is 11.3 Å². The minimum absolute atomic E-state index is 1.03. The topological polar surface area (TPSA) is 21.1 Å². The van der Waals surface area contributed by atoms with E-state index in [0.29, 0.717) is 0 Å². The Morgan fingerprint density at radius 3 is 2.92 bits per heavy atom. The molecule has 0 bridgehead atoms. The summed E-state index contributed by atoms with van der Waals surface area (Å²) in [6, 6.07) is 0. The second kappa shape index (κ2) is 2.82. The van der Waals surface area contributed by atoms with Crippen molar-refractivity contribution in [1.29, 1.82) is 0 Å². The van der Waals surface area contributed by atoms with Crippen molar-refractivity contribution in [2.45, 2.75) is 13.0 Å². The normalized spacial score (nSPS) is 17.9. The van der Waals surface area contributed by atoms with Gasteiger partial charge in [-0.25, -0.2) is 0 Å². The summed E-state index contributed by atoms with van der Waals surface area (Å²) in [5.41, 5.74) is 3.93. The first-order valence-corrected chi connectivity index (χ1v) is 4.75. The Morgan fingerprint density at radius 1 is 1.42 bits per heavy atom. The molecule has 0 aromatic carbocycles. The van der Waals surface area contributed by atoms with E-state index in [4.69, 9.17) is 0 Å². The lowest BCUT2D eigenvalue weighted by Gasteiger charge is -2.22. The van der Waals surface area contributed by atoms with Crippen molar-refractivity contribution in [3.63, 3.8) is 0 Å². The Balaban J connectivity index is 2.45. The molecule has 0 aliphatic carbocycles. The summed E-state index contributed by atoms with van der Waals surface area (Å²) in [5, 5.41) is 4.38. The lowest BCUT2D eigenvalue weighted by molar-refractivity contribution is 0.303. The average molecular weight is 183 g/mol. The van der Waals surface area contributed by atoms with Crippen molar-refractivity contribution in [3.8, 4) is 0 Å². The van der Waals surface area contributed by atoms with Crippen LogP contribution in [-0.4, -0.2) is 28.3 Å². The largest absolute Gasteiger partial charge is 0.300 e. The van der Waals surface area contributed by atoms with Gasteiger partial charge in [0.25, 0.3) is 0 Å². The summed E-state index contributed by atoms with van der Waals surface area (Å²) in [4.78, 5) is 2.33. The molecule has 0 N–H and O–H groups in total. The summed E-state index contributed by atoms with van der Waals surface area (Å²) in [5.74, 6) is 0. The zero-order valence-corrected chi connectivity index (χ0v) is 8.70. The van der Waals surface area contributed by atoms with E-state index in [1.165, 1.54) is 11.3 Å². The second-order valence-electron chi connectivity index (χ2n) is 3.42. The number of hydrogen-bond donors (Lipinski definition) is 0. The van der Waals surface area contributed by atoms with Gasteiger partial charge >= 0.3 is 0 Å². The minimum Gasteiger partial charge on any atom is -0.300 e.